The highest BCUT2D eigenvalue weighted by Crippen LogP contribution is 2.23. The fraction of sp³-hybridized carbons (Fsp3) is 0.167. The van der Waals surface area contributed by atoms with Crippen LogP contribution in [0.1, 0.15) is 5.56 Å². The van der Waals surface area contributed by atoms with Crippen LogP contribution in [-0.2, 0) is 9.53 Å². The third-order valence-electron chi connectivity index (χ3n) is 2.37. The summed E-state index contributed by atoms with van der Waals surface area (Å²) in [5, 5.41) is 9.63. The van der Waals surface area contributed by atoms with Crippen LogP contribution >= 0.6 is 0 Å². The summed E-state index contributed by atoms with van der Waals surface area (Å²) < 4.78 is 5.30. The van der Waals surface area contributed by atoms with Gasteiger partial charge in [-0.05, 0) is 12.1 Å². The van der Waals surface area contributed by atoms with Crippen LogP contribution in [0.25, 0.3) is 0 Å². The van der Waals surface area contributed by atoms with E-state index < -0.39 is 18.1 Å². The summed E-state index contributed by atoms with van der Waals surface area (Å²) in [6.07, 6.45) is 4.40. The molecule has 0 bridgehead atoms. The van der Waals surface area contributed by atoms with E-state index in [2.05, 4.69) is 10.9 Å². The van der Waals surface area contributed by atoms with Crippen molar-refractivity contribution in [2.75, 3.05) is 0 Å². The molecule has 0 fully saturated rings. The minimum atomic E-state index is -0.908. The summed E-state index contributed by atoms with van der Waals surface area (Å²) in [6, 6.07) is 5.58. The van der Waals surface area contributed by atoms with E-state index in [4.69, 9.17) is 16.9 Å². The second-order valence-electron chi connectivity index (χ2n) is 3.50. The van der Waals surface area contributed by atoms with Gasteiger partial charge in [-0.1, -0.05) is 18.1 Å². The maximum atomic E-state index is 11.1. The number of para-hydroxylation sites is 1. The molecular weight excluding hydrogens is 220 g/mol. The molecule has 0 saturated heterocycles. The first-order chi connectivity index (χ1) is 8.13. The van der Waals surface area contributed by atoms with E-state index in [0.717, 1.165) is 0 Å². The number of ether oxygens (including phenoxy) is 1. The van der Waals surface area contributed by atoms with E-state index in [1.165, 1.54) is 6.07 Å². The molecule has 17 heavy (non-hydrogen) atoms. The number of nitrogens with two attached hydrogens (primary N) is 1. The summed E-state index contributed by atoms with van der Waals surface area (Å²) in [4.78, 5) is 15.1. The van der Waals surface area contributed by atoms with Gasteiger partial charge in [0.1, 0.15) is 5.75 Å². The van der Waals surface area contributed by atoms with Gasteiger partial charge in [-0.25, -0.2) is 4.99 Å². The molecule has 86 valence electrons. The lowest BCUT2D eigenvalue weighted by molar-refractivity contribution is -0.119. The summed E-state index contributed by atoms with van der Waals surface area (Å²) >= 11 is 0. The van der Waals surface area contributed by atoms with Crippen molar-refractivity contribution < 1.29 is 14.6 Å². The number of nitrogens with zero attached hydrogens (tertiary/aromatic N) is 1. The number of hydrogen-bond donors (Lipinski definition) is 2. The Morgan fingerprint density at radius 1 is 1.53 bits per heavy atom. The number of terminal acetylenes is 1. The summed E-state index contributed by atoms with van der Waals surface area (Å²) in [7, 11) is 0. The molecule has 1 aliphatic rings. The smallest absolute Gasteiger partial charge is 0.247 e. The lowest BCUT2D eigenvalue weighted by Gasteiger charge is -2.08. The Morgan fingerprint density at radius 3 is 2.76 bits per heavy atom. The molecule has 5 heteroatoms. The molecule has 0 spiro atoms. The van der Waals surface area contributed by atoms with Crippen molar-refractivity contribution in [3.63, 3.8) is 0 Å². The summed E-state index contributed by atoms with van der Waals surface area (Å²) in [5.41, 5.74) is 5.54. The second-order valence-corrected chi connectivity index (χ2v) is 3.50. The van der Waals surface area contributed by atoms with Crippen LogP contribution in [0, 0.1) is 12.3 Å². The topological polar surface area (TPSA) is 84.9 Å². The molecule has 5 nitrogen and oxygen atoms in total. The van der Waals surface area contributed by atoms with Gasteiger partial charge in [0.15, 0.2) is 12.1 Å². The third kappa shape index (κ3) is 1.93. The number of carbonyl (C=O) groups is 1. The highest BCUT2D eigenvalue weighted by atomic mass is 16.5. The van der Waals surface area contributed by atoms with Gasteiger partial charge in [0.05, 0.1) is 5.56 Å². The summed E-state index contributed by atoms with van der Waals surface area (Å²) in [6.45, 7) is 0. The van der Waals surface area contributed by atoms with Gasteiger partial charge in [0.2, 0.25) is 11.8 Å². The number of hydrogen-bond acceptors (Lipinski definition) is 4. The van der Waals surface area contributed by atoms with Crippen molar-refractivity contribution in [1.82, 2.24) is 0 Å². The van der Waals surface area contributed by atoms with E-state index in [1.54, 1.807) is 18.2 Å². The zero-order valence-electron chi connectivity index (χ0n) is 8.83. The number of phenols is 1. The number of benzene rings is 1. The Labute approximate surface area is 97.9 Å². The molecule has 1 aromatic carbocycles. The SMILES string of the molecule is C#C[C@@H]1OC(c2ccccc2O)=N[C@H]1C(N)=O. The highest BCUT2D eigenvalue weighted by Gasteiger charge is 2.34. The number of rotatable bonds is 2. The van der Waals surface area contributed by atoms with Gasteiger partial charge >= 0.3 is 0 Å². The quantitative estimate of drug-likeness (QED) is 0.702. The monoisotopic (exact) mass is 230 g/mol. The van der Waals surface area contributed by atoms with Crippen molar-refractivity contribution in [1.29, 1.82) is 0 Å². The molecule has 1 aliphatic heterocycles. The maximum Gasteiger partial charge on any atom is 0.247 e. The van der Waals surface area contributed by atoms with E-state index >= 15 is 0 Å². The molecule has 1 heterocycles. The molecule has 0 radical (unpaired) electrons. The normalized spacial score (nSPS) is 22.4. The highest BCUT2D eigenvalue weighted by molar-refractivity contribution is 6.00. The molecule has 1 aromatic rings. The molecule has 2 atom stereocenters. The molecule has 0 aliphatic carbocycles. The predicted molar refractivity (Wildman–Crippen MR) is 61.3 cm³/mol. The number of aliphatic imine (C=N–C) groups is 1. The van der Waals surface area contributed by atoms with Crippen molar-refractivity contribution in [3.05, 3.63) is 29.8 Å². The van der Waals surface area contributed by atoms with Gasteiger partial charge in [0.25, 0.3) is 0 Å². The second kappa shape index (κ2) is 4.18. The Hall–Kier alpha value is -2.48. The van der Waals surface area contributed by atoms with Crippen LogP contribution < -0.4 is 5.73 Å². The first-order valence-electron chi connectivity index (χ1n) is 4.91. The Kier molecular flexibility index (Phi) is 2.71. The molecule has 0 saturated carbocycles. The Balaban J connectivity index is 2.37. The number of phenolic OH excluding ortho intramolecular Hbond substituents is 1. The van der Waals surface area contributed by atoms with Crippen LogP contribution in [0.2, 0.25) is 0 Å². The van der Waals surface area contributed by atoms with Gasteiger partial charge < -0.3 is 15.6 Å². The van der Waals surface area contributed by atoms with Gasteiger partial charge in [-0.15, -0.1) is 6.42 Å². The fourth-order valence-electron chi connectivity index (χ4n) is 1.53. The first kappa shape index (κ1) is 11.0. The predicted octanol–water partition coefficient (Wildman–Crippen LogP) is 0.0247. The minimum absolute atomic E-state index is 0.00661. The van der Waals surface area contributed by atoms with Crippen LogP contribution in [0.5, 0.6) is 5.75 Å². The molecule has 2 rings (SSSR count). The molecule has 0 aromatic heterocycles. The van der Waals surface area contributed by atoms with Gasteiger partial charge in [0, 0.05) is 0 Å². The Bertz CT molecular complexity index is 531. The molecule has 0 unspecified atom stereocenters. The van der Waals surface area contributed by atoms with Crippen LogP contribution in [0.15, 0.2) is 29.3 Å². The largest absolute Gasteiger partial charge is 0.507 e. The number of carbonyl (C=O) groups excluding carboxylic acids is 1. The summed E-state index contributed by atoms with van der Waals surface area (Å²) in [5.74, 6) is 1.78. The zero-order valence-corrected chi connectivity index (χ0v) is 8.83. The van der Waals surface area contributed by atoms with Crippen LogP contribution in [0.4, 0.5) is 0 Å². The number of amides is 1. The average molecular weight is 230 g/mol. The molecule has 3 N–H and O–H groups in total. The van der Waals surface area contributed by atoms with Crippen molar-refractivity contribution in [3.8, 4) is 18.1 Å². The van der Waals surface area contributed by atoms with Crippen LogP contribution in [-0.4, -0.2) is 29.1 Å². The van der Waals surface area contributed by atoms with E-state index in [0.29, 0.717) is 5.56 Å². The van der Waals surface area contributed by atoms with Crippen LogP contribution in [0.3, 0.4) is 0 Å². The zero-order chi connectivity index (χ0) is 12.4. The fourth-order valence-corrected chi connectivity index (χ4v) is 1.53. The molecule has 1 amide bonds. The molecular formula is C12H10N2O3. The number of aromatic hydroxyl groups is 1. The van der Waals surface area contributed by atoms with E-state index in [-0.39, 0.29) is 11.6 Å². The van der Waals surface area contributed by atoms with E-state index in [9.17, 15) is 9.90 Å². The average Bonchev–Trinajstić information content (AvgIpc) is 2.73. The third-order valence-corrected chi connectivity index (χ3v) is 2.37. The van der Waals surface area contributed by atoms with Gasteiger partial charge in [-0.2, -0.15) is 0 Å². The van der Waals surface area contributed by atoms with Crippen molar-refractivity contribution in [2.45, 2.75) is 12.1 Å². The van der Waals surface area contributed by atoms with Crippen molar-refractivity contribution >= 4 is 11.8 Å². The first-order valence-corrected chi connectivity index (χ1v) is 4.91. The van der Waals surface area contributed by atoms with Crippen molar-refractivity contribution in [2.24, 2.45) is 10.7 Å². The Morgan fingerprint density at radius 2 is 2.24 bits per heavy atom. The standard InChI is InChI=1S/C12H10N2O3/c1-2-9-10(11(13)16)14-12(17-9)7-5-3-4-6-8(7)15/h1,3-6,9-10,15H,(H2,13,16)/t9-,10+/m0/s1. The maximum absolute atomic E-state index is 11.1. The number of primary amides is 1. The lowest BCUT2D eigenvalue weighted by Crippen LogP contribution is -2.34. The van der Waals surface area contributed by atoms with E-state index in [1.807, 2.05) is 0 Å². The minimum Gasteiger partial charge on any atom is -0.507 e. The lowest BCUT2D eigenvalue weighted by atomic mass is 10.2. The van der Waals surface area contributed by atoms with Gasteiger partial charge in [-0.3, -0.25) is 4.79 Å².